The molecule has 22 valence electrons. The second kappa shape index (κ2) is 16.6. The van der Waals surface area contributed by atoms with Gasteiger partial charge in [0.25, 0.3) is 0 Å². The Morgan fingerprint density at radius 2 is 1.25 bits per heavy atom. The summed E-state index contributed by atoms with van der Waals surface area (Å²) in [5.74, 6) is 0. The number of hydrogen-bond donors (Lipinski definition) is 0. The fraction of sp³-hybridized carbons (Fsp3) is 0. The van der Waals surface area contributed by atoms with Crippen LogP contribution in [-0.2, 0) is 0 Å². The van der Waals surface area contributed by atoms with Gasteiger partial charge < -0.3 is 4.28 Å². The van der Waals surface area contributed by atoms with E-state index in [1.165, 1.54) is 0 Å². The summed E-state index contributed by atoms with van der Waals surface area (Å²) in [5.41, 5.74) is 0. The van der Waals surface area contributed by atoms with Crippen LogP contribution < -0.4 is 18.9 Å². The molecule has 0 heterocycles. The van der Waals surface area contributed by atoms with Crippen LogP contribution in [0.3, 0.4) is 0 Å². The van der Waals surface area contributed by atoms with Crippen molar-refractivity contribution in [1.82, 2.24) is 0 Å². The van der Waals surface area contributed by atoms with Gasteiger partial charge in [-0.2, -0.15) is 0 Å². The van der Waals surface area contributed by atoms with E-state index in [2.05, 4.69) is 0 Å². The van der Waals surface area contributed by atoms with Crippen LogP contribution in [-0.4, -0.2) is 37.7 Å². The Morgan fingerprint density at radius 1 is 1.25 bits per heavy atom. The first kappa shape index (κ1) is 27.7. The van der Waals surface area contributed by atoms with Crippen LogP contribution in [0.4, 0.5) is 0 Å². The molecule has 0 aromatic rings. The molecule has 0 aliphatic heterocycles. The molecule has 0 aromatic heterocycles. The largest absolute Gasteiger partial charge is 2.00 e. The van der Waals surface area contributed by atoms with Gasteiger partial charge in [0, 0.05) is 0 Å². The van der Waals surface area contributed by atoms with Gasteiger partial charge in [-0.15, -0.1) is 41.0 Å². The molecule has 0 radical (unpaired) electrons. The molecular formula is H5BrCaILi. The van der Waals surface area contributed by atoms with Gasteiger partial charge in [0.1, 0.15) is 0 Å². The number of halogens is 2. The van der Waals surface area contributed by atoms with Gasteiger partial charge in [-0.05, 0) is 0 Å². The zero-order valence-corrected chi connectivity index (χ0v) is 8.78. The zero-order chi connectivity index (χ0) is 0. The van der Waals surface area contributed by atoms with Crippen molar-refractivity contribution in [2.45, 2.75) is 0 Å². The van der Waals surface area contributed by atoms with Crippen molar-refractivity contribution in [2.75, 3.05) is 0 Å². The Kier molecular flexibility index (Phi) is 114. The summed E-state index contributed by atoms with van der Waals surface area (Å²) >= 11 is 0. The minimum Gasteiger partial charge on any atom is -1.00 e. The fourth-order valence-electron chi connectivity index (χ4n) is 0. The van der Waals surface area contributed by atoms with Gasteiger partial charge in [-0.3, -0.25) is 0 Å². The normalized spacial score (nSPS) is 0. The van der Waals surface area contributed by atoms with Gasteiger partial charge in [-0.1, -0.05) is 0 Å². The molecule has 0 saturated heterocycles. The summed E-state index contributed by atoms with van der Waals surface area (Å²) in [6.45, 7) is 0. The standard InChI is InChI=1S/BrH.Ca.HI.Li.3H/h1H;;1H;;;;/q;+2;;+1;3*-1. The molecule has 0 atom stereocenters. The maximum absolute atomic E-state index is 0. The first-order valence-corrected chi connectivity index (χ1v) is 0. The number of rotatable bonds is 0. The Labute approximate surface area is 99.9 Å². The molecule has 0 amide bonds. The molecule has 0 aliphatic carbocycles. The van der Waals surface area contributed by atoms with Crippen molar-refractivity contribution in [3.8, 4) is 0 Å². The predicted octanol–water partition coefficient (Wildman–Crippen LogP) is -1.84. The molecule has 0 saturated carbocycles. The first-order chi connectivity index (χ1) is 0. The molecule has 0 unspecified atom stereocenters. The zero-order valence-electron chi connectivity index (χ0n) is 5.52. The van der Waals surface area contributed by atoms with Crippen LogP contribution in [0.5, 0.6) is 0 Å². The van der Waals surface area contributed by atoms with Crippen LogP contribution in [0.2, 0.25) is 0 Å². The van der Waals surface area contributed by atoms with E-state index in [4.69, 9.17) is 0 Å². The minimum absolute atomic E-state index is 0. The molecule has 0 rings (SSSR count). The third kappa shape index (κ3) is 8.91. The fourth-order valence-corrected chi connectivity index (χ4v) is 0. The monoisotopic (exact) mass is 258 g/mol. The van der Waals surface area contributed by atoms with E-state index >= 15 is 0 Å². The summed E-state index contributed by atoms with van der Waals surface area (Å²) in [5, 5.41) is 0. The summed E-state index contributed by atoms with van der Waals surface area (Å²) in [6.07, 6.45) is 0. The first-order valence-electron chi connectivity index (χ1n) is 0. The van der Waals surface area contributed by atoms with Crippen molar-refractivity contribution < 1.29 is 23.1 Å². The SMILES string of the molecule is Br.I.[Ca+2].[H-].[H-].[H-].[Li+]. The minimum atomic E-state index is 0. The van der Waals surface area contributed by atoms with Crippen LogP contribution in [0.1, 0.15) is 4.28 Å². The Morgan fingerprint density at radius 3 is 1.25 bits per heavy atom. The van der Waals surface area contributed by atoms with Crippen molar-refractivity contribution in [1.29, 1.82) is 0 Å². The van der Waals surface area contributed by atoms with Crippen molar-refractivity contribution in [2.24, 2.45) is 0 Å². The predicted molar refractivity (Wildman–Crippen MR) is 34.8 cm³/mol. The quantitative estimate of drug-likeness (QED) is 0.354. The average molecular weight is 259 g/mol. The van der Waals surface area contributed by atoms with Crippen molar-refractivity contribution >= 4 is 78.7 Å². The molecule has 0 fully saturated rings. The second-order valence-electron chi connectivity index (χ2n) is 0. The number of hydrogen-bond acceptors (Lipinski definition) is 0. The molecular weight excluding hydrogens is 254 g/mol. The van der Waals surface area contributed by atoms with Crippen LogP contribution in [0.25, 0.3) is 0 Å². The second-order valence-corrected chi connectivity index (χ2v) is 0. The Bertz CT molecular complexity index is 14.9. The maximum atomic E-state index is 0. The van der Waals surface area contributed by atoms with Gasteiger partial charge in [0.2, 0.25) is 0 Å². The summed E-state index contributed by atoms with van der Waals surface area (Å²) in [7, 11) is 0. The van der Waals surface area contributed by atoms with E-state index in [9.17, 15) is 0 Å². The van der Waals surface area contributed by atoms with Gasteiger partial charge in [0.05, 0.1) is 0 Å². The maximum Gasteiger partial charge on any atom is 2.00 e. The van der Waals surface area contributed by atoms with Gasteiger partial charge in [-0.25, -0.2) is 0 Å². The van der Waals surface area contributed by atoms with Crippen LogP contribution in [0, 0.1) is 0 Å². The molecule has 0 aromatic carbocycles. The third-order valence-corrected chi connectivity index (χ3v) is 0. The third-order valence-electron chi connectivity index (χ3n) is 0. The van der Waals surface area contributed by atoms with Crippen LogP contribution in [0.15, 0.2) is 0 Å². The molecule has 0 aliphatic rings. The van der Waals surface area contributed by atoms with E-state index in [1.54, 1.807) is 0 Å². The summed E-state index contributed by atoms with van der Waals surface area (Å²) < 4.78 is 0. The molecule has 4 heavy (non-hydrogen) atoms. The van der Waals surface area contributed by atoms with E-state index in [0.29, 0.717) is 0 Å². The molecule has 4 heteroatoms. The molecule has 0 spiro atoms. The average Bonchev–Trinajstić information content (AvgIpc) is 0. The summed E-state index contributed by atoms with van der Waals surface area (Å²) in [6, 6.07) is 0. The Hall–Kier alpha value is 3.07. The summed E-state index contributed by atoms with van der Waals surface area (Å²) in [4.78, 5) is 0. The molecule has 0 N–H and O–H groups in total. The smallest absolute Gasteiger partial charge is 1.00 e. The van der Waals surface area contributed by atoms with Crippen molar-refractivity contribution in [3.63, 3.8) is 0 Å². The van der Waals surface area contributed by atoms with E-state index in [0.717, 1.165) is 0 Å². The van der Waals surface area contributed by atoms with Crippen LogP contribution >= 0.6 is 41.0 Å². The topological polar surface area (TPSA) is 0 Å². The van der Waals surface area contributed by atoms with Gasteiger partial charge in [0.15, 0.2) is 0 Å². The van der Waals surface area contributed by atoms with E-state index in [1.807, 2.05) is 0 Å². The molecule has 0 nitrogen and oxygen atoms in total. The van der Waals surface area contributed by atoms with E-state index in [-0.39, 0.29) is 102 Å². The van der Waals surface area contributed by atoms with Crippen molar-refractivity contribution in [3.05, 3.63) is 0 Å². The van der Waals surface area contributed by atoms with E-state index < -0.39 is 0 Å². The van der Waals surface area contributed by atoms with Gasteiger partial charge >= 0.3 is 56.6 Å². The Balaban J connectivity index is 0. The molecule has 0 bridgehead atoms.